The molecular weight excluding hydrogens is 292 g/mol. The number of anilines is 1. The van der Waals surface area contributed by atoms with Crippen molar-refractivity contribution in [2.45, 2.75) is 13.0 Å². The number of halogens is 2. The number of hydrogen-bond acceptors (Lipinski definition) is 1. The third-order valence-corrected chi connectivity index (χ3v) is 4.31. The highest BCUT2D eigenvalue weighted by atomic mass is 19.2. The molecule has 0 unspecified atom stereocenters. The smallest absolute Gasteiger partial charge is 0.163 e. The van der Waals surface area contributed by atoms with Crippen molar-refractivity contribution >= 4 is 5.69 Å². The molecule has 0 saturated heterocycles. The van der Waals surface area contributed by atoms with E-state index in [2.05, 4.69) is 35.6 Å². The molecule has 0 amide bonds. The lowest BCUT2D eigenvalue weighted by atomic mass is 10.1. The van der Waals surface area contributed by atoms with Crippen LogP contribution < -0.4 is 5.32 Å². The molecule has 1 nitrogen and oxygen atoms in total. The Hall–Kier alpha value is -2.68. The molecule has 0 atom stereocenters. The van der Waals surface area contributed by atoms with Crippen LogP contribution in [0.1, 0.15) is 16.7 Å². The number of rotatable bonds is 3. The SMILES string of the molecule is Fc1cccc(CNc2ccc3c(c2)Cc2ccccc2-3)c1F. The van der Waals surface area contributed by atoms with Crippen LogP contribution in [0.4, 0.5) is 14.5 Å². The van der Waals surface area contributed by atoms with Crippen molar-refractivity contribution in [2.24, 2.45) is 0 Å². The first-order valence-electron chi connectivity index (χ1n) is 7.60. The zero-order chi connectivity index (χ0) is 15.8. The maximum Gasteiger partial charge on any atom is 0.163 e. The molecule has 0 aromatic heterocycles. The molecule has 114 valence electrons. The van der Waals surface area contributed by atoms with Crippen LogP contribution in [0.25, 0.3) is 11.1 Å². The van der Waals surface area contributed by atoms with Gasteiger partial charge in [-0.05, 0) is 46.9 Å². The highest BCUT2D eigenvalue weighted by molar-refractivity contribution is 5.78. The van der Waals surface area contributed by atoms with E-state index in [0.29, 0.717) is 5.56 Å². The van der Waals surface area contributed by atoms with Crippen molar-refractivity contribution in [3.63, 3.8) is 0 Å². The van der Waals surface area contributed by atoms with Crippen LogP contribution in [-0.4, -0.2) is 0 Å². The van der Waals surface area contributed by atoms with Gasteiger partial charge in [-0.3, -0.25) is 0 Å². The van der Waals surface area contributed by atoms with Crippen LogP contribution in [-0.2, 0) is 13.0 Å². The summed E-state index contributed by atoms with van der Waals surface area (Å²) in [4.78, 5) is 0. The van der Waals surface area contributed by atoms with Gasteiger partial charge in [-0.1, -0.05) is 42.5 Å². The number of fused-ring (bicyclic) bond motifs is 3. The standard InChI is InChI=1S/C20H15F2N/c21-19-7-3-5-14(20(19)22)12-23-16-8-9-18-15(11-16)10-13-4-1-2-6-17(13)18/h1-9,11,23H,10,12H2. The second-order valence-corrected chi connectivity index (χ2v) is 5.77. The van der Waals surface area contributed by atoms with Gasteiger partial charge in [-0.15, -0.1) is 0 Å². The highest BCUT2D eigenvalue weighted by Crippen LogP contribution is 2.37. The Morgan fingerprint density at radius 1 is 0.826 bits per heavy atom. The molecule has 0 spiro atoms. The molecule has 1 N–H and O–H groups in total. The van der Waals surface area contributed by atoms with E-state index >= 15 is 0 Å². The Morgan fingerprint density at radius 3 is 2.57 bits per heavy atom. The van der Waals surface area contributed by atoms with Crippen molar-refractivity contribution in [3.8, 4) is 11.1 Å². The molecule has 3 aromatic rings. The highest BCUT2D eigenvalue weighted by Gasteiger charge is 2.17. The Kier molecular flexibility index (Phi) is 3.34. The summed E-state index contributed by atoms with van der Waals surface area (Å²) in [7, 11) is 0. The van der Waals surface area contributed by atoms with Gasteiger partial charge >= 0.3 is 0 Å². The summed E-state index contributed by atoms with van der Waals surface area (Å²) in [6, 6.07) is 18.8. The van der Waals surface area contributed by atoms with Gasteiger partial charge in [-0.2, -0.15) is 0 Å². The molecule has 0 saturated carbocycles. The maximum absolute atomic E-state index is 13.7. The first-order chi connectivity index (χ1) is 11.2. The van der Waals surface area contributed by atoms with E-state index in [1.165, 1.54) is 28.3 Å². The fourth-order valence-electron chi connectivity index (χ4n) is 3.14. The first kappa shape index (κ1) is 13.9. The van der Waals surface area contributed by atoms with Gasteiger partial charge in [0.25, 0.3) is 0 Å². The number of nitrogens with one attached hydrogen (secondary N) is 1. The lowest BCUT2D eigenvalue weighted by Gasteiger charge is -2.10. The molecule has 1 aliphatic carbocycles. The summed E-state index contributed by atoms with van der Waals surface area (Å²) in [5, 5.41) is 3.18. The van der Waals surface area contributed by atoms with Crippen LogP contribution in [0.3, 0.4) is 0 Å². The minimum Gasteiger partial charge on any atom is -0.381 e. The third kappa shape index (κ3) is 2.48. The van der Waals surface area contributed by atoms with Crippen LogP contribution in [0.5, 0.6) is 0 Å². The normalized spacial score (nSPS) is 11.9. The molecule has 0 bridgehead atoms. The fraction of sp³-hybridized carbons (Fsp3) is 0.100. The Morgan fingerprint density at radius 2 is 1.65 bits per heavy atom. The van der Waals surface area contributed by atoms with Gasteiger partial charge < -0.3 is 5.32 Å². The number of hydrogen-bond donors (Lipinski definition) is 1. The van der Waals surface area contributed by atoms with E-state index in [1.54, 1.807) is 6.07 Å². The second kappa shape index (κ2) is 5.51. The summed E-state index contributed by atoms with van der Waals surface area (Å²) in [5.74, 6) is -1.60. The fourth-order valence-corrected chi connectivity index (χ4v) is 3.14. The predicted molar refractivity (Wildman–Crippen MR) is 88.4 cm³/mol. The lowest BCUT2D eigenvalue weighted by molar-refractivity contribution is 0.500. The van der Waals surface area contributed by atoms with E-state index in [-0.39, 0.29) is 6.54 Å². The second-order valence-electron chi connectivity index (χ2n) is 5.77. The molecule has 0 radical (unpaired) electrons. The molecule has 0 heterocycles. The lowest BCUT2D eigenvalue weighted by Crippen LogP contribution is -2.03. The van der Waals surface area contributed by atoms with Crippen LogP contribution >= 0.6 is 0 Å². The Bertz CT molecular complexity index is 887. The number of benzene rings is 3. The Labute approximate surface area is 133 Å². The molecule has 0 aliphatic heterocycles. The van der Waals surface area contributed by atoms with Crippen molar-refractivity contribution in [1.82, 2.24) is 0 Å². The van der Waals surface area contributed by atoms with E-state index < -0.39 is 11.6 Å². The molecule has 23 heavy (non-hydrogen) atoms. The molecular formula is C20H15F2N. The van der Waals surface area contributed by atoms with Gasteiger partial charge in [0.2, 0.25) is 0 Å². The minimum atomic E-state index is -0.811. The van der Waals surface area contributed by atoms with Crippen molar-refractivity contribution in [2.75, 3.05) is 5.32 Å². The average molecular weight is 307 g/mol. The summed E-state index contributed by atoms with van der Waals surface area (Å²) < 4.78 is 26.9. The monoisotopic (exact) mass is 307 g/mol. The zero-order valence-electron chi connectivity index (χ0n) is 12.4. The van der Waals surface area contributed by atoms with Gasteiger partial charge in [0.1, 0.15) is 0 Å². The first-order valence-corrected chi connectivity index (χ1v) is 7.60. The van der Waals surface area contributed by atoms with E-state index in [1.807, 2.05) is 12.1 Å². The van der Waals surface area contributed by atoms with E-state index in [9.17, 15) is 8.78 Å². The topological polar surface area (TPSA) is 12.0 Å². The van der Waals surface area contributed by atoms with Gasteiger partial charge in [0.15, 0.2) is 11.6 Å². The zero-order valence-corrected chi connectivity index (χ0v) is 12.4. The van der Waals surface area contributed by atoms with Crippen molar-refractivity contribution in [1.29, 1.82) is 0 Å². The van der Waals surface area contributed by atoms with Gasteiger partial charge in [0, 0.05) is 17.8 Å². The van der Waals surface area contributed by atoms with E-state index in [0.717, 1.165) is 18.2 Å². The summed E-state index contributed by atoms with van der Waals surface area (Å²) in [6.45, 7) is 0.259. The summed E-state index contributed by atoms with van der Waals surface area (Å²) in [6.07, 6.45) is 0.912. The molecule has 0 fully saturated rings. The maximum atomic E-state index is 13.7. The third-order valence-electron chi connectivity index (χ3n) is 4.31. The van der Waals surface area contributed by atoms with Gasteiger partial charge in [-0.25, -0.2) is 8.78 Å². The molecule has 3 heteroatoms. The van der Waals surface area contributed by atoms with Crippen LogP contribution in [0.15, 0.2) is 60.7 Å². The predicted octanol–water partition coefficient (Wildman–Crippen LogP) is 5.15. The average Bonchev–Trinajstić information content (AvgIpc) is 2.94. The quantitative estimate of drug-likeness (QED) is 0.552. The molecule has 1 aliphatic rings. The van der Waals surface area contributed by atoms with Crippen LogP contribution in [0, 0.1) is 11.6 Å². The molecule has 4 rings (SSSR count). The summed E-state index contributed by atoms with van der Waals surface area (Å²) in [5.41, 5.74) is 6.37. The van der Waals surface area contributed by atoms with Crippen LogP contribution in [0.2, 0.25) is 0 Å². The van der Waals surface area contributed by atoms with E-state index in [4.69, 9.17) is 0 Å². The Balaban J connectivity index is 1.56. The summed E-state index contributed by atoms with van der Waals surface area (Å²) >= 11 is 0. The van der Waals surface area contributed by atoms with Gasteiger partial charge in [0.05, 0.1) is 0 Å². The molecule has 3 aromatic carbocycles. The van der Waals surface area contributed by atoms with Crippen molar-refractivity contribution in [3.05, 3.63) is 89.0 Å². The van der Waals surface area contributed by atoms with Crippen molar-refractivity contribution < 1.29 is 8.78 Å². The largest absolute Gasteiger partial charge is 0.381 e. The minimum absolute atomic E-state index is 0.259.